The van der Waals surface area contributed by atoms with Crippen molar-refractivity contribution >= 4 is 5.78 Å². The number of ketones is 1. The molecule has 132 valence electrons. The molecule has 0 spiro atoms. The zero-order chi connectivity index (χ0) is 16.6. The maximum absolute atomic E-state index is 12.0. The fraction of sp³-hybridized carbons (Fsp3) is 0.952. The van der Waals surface area contributed by atoms with Crippen LogP contribution in [0, 0.1) is 11.8 Å². The highest BCUT2D eigenvalue weighted by Gasteiger charge is 2.17. The van der Waals surface area contributed by atoms with Crippen LogP contribution in [0.3, 0.4) is 0 Å². The van der Waals surface area contributed by atoms with E-state index < -0.39 is 0 Å². The molecular weight excluding hydrogens is 268 g/mol. The summed E-state index contributed by atoms with van der Waals surface area (Å²) >= 11 is 0. The van der Waals surface area contributed by atoms with Gasteiger partial charge in [0.1, 0.15) is 5.78 Å². The average molecular weight is 311 g/mol. The van der Waals surface area contributed by atoms with Crippen LogP contribution < -0.4 is 0 Å². The van der Waals surface area contributed by atoms with E-state index in [1.165, 1.54) is 70.6 Å². The number of hydrogen-bond donors (Lipinski definition) is 0. The van der Waals surface area contributed by atoms with Gasteiger partial charge in [-0.3, -0.25) is 4.79 Å². The van der Waals surface area contributed by atoms with Gasteiger partial charge in [0.25, 0.3) is 0 Å². The zero-order valence-corrected chi connectivity index (χ0v) is 16.0. The summed E-state index contributed by atoms with van der Waals surface area (Å²) in [5.74, 6) is 1.47. The Labute approximate surface area is 140 Å². The van der Waals surface area contributed by atoms with Gasteiger partial charge in [-0.2, -0.15) is 0 Å². The monoisotopic (exact) mass is 310 g/mol. The number of hydrogen-bond acceptors (Lipinski definition) is 1. The fourth-order valence-electron chi connectivity index (χ4n) is 3.32. The van der Waals surface area contributed by atoms with E-state index in [9.17, 15) is 4.79 Å². The van der Waals surface area contributed by atoms with Gasteiger partial charge in [0.2, 0.25) is 0 Å². The maximum Gasteiger partial charge on any atom is 0.135 e. The summed E-state index contributed by atoms with van der Waals surface area (Å²) in [6.45, 7) is 8.75. The van der Waals surface area contributed by atoms with Gasteiger partial charge in [0, 0.05) is 12.3 Å². The van der Waals surface area contributed by atoms with E-state index in [1.54, 1.807) is 0 Å². The molecule has 0 aliphatic carbocycles. The predicted octanol–water partition coefficient (Wildman–Crippen LogP) is 7.33. The van der Waals surface area contributed by atoms with Gasteiger partial charge in [-0.05, 0) is 18.8 Å². The van der Waals surface area contributed by atoms with Crippen LogP contribution in [0.2, 0.25) is 0 Å². The van der Waals surface area contributed by atoms with Gasteiger partial charge in [-0.15, -0.1) is 0 Å². The topological polar surface area (TPSA) is 17.1 Å². The van der Waals surface area contributed by atoms with Crippen LogP contribution >= 0.6 is 0 Å². The van der Waals surface area contributed by atoms with E-state index in [-0.39, 0.29) is 0 Å². The molecule has 0 saturated heterocycles. The molecule has 0 aliphatic rings. The van der Waals surface area contributed by atoms with E-state index >= 15 is 0 Å². The smallest absolute Gasteiger partial charge is 0.135 e. The standard InChI is InChI=1S/C21H42O/c1-5-7-8-9-10-11-12-13-14-15-16-17-20(18-19(3)4)21(22)6-2/h19-20H,5-18H2,1-4H3. The second kappa shape index (κ2) is 15.6. The lowest BCUT2D eigenvalue weighted by molar-refractivity contribution is -0.123. The van der Waals surface area contributed by atoms with Crippen molar-refractivity contribution < 1.29 is 4.79 Å². The molecule has 0 amide bonds. The average Bonchev–Trinajstić information content (AvgIpc) is 2.50. The molecule has 1 unspecified atom stereocenters. The first-order chi connectivity index (χ1) is 10.6. The Morgan fingerprint density at radius 2 is 1.18 bits per heavy atom. The van der Waals surface area contributed by atoms with Crippen molar-refractivity contribution in [2.45, 2.75) is 118 Å². The molecule has 0 radical (unpaired) electrons. The van der Waals surface area contributed by atoms with E-state index in [2.05, 4.69) is 20.8 Å². The first-order valence-corrected chi connectivity index (χ1v) is 10.1. The summed E-state index contributed by atoms with van der Waals surface area (Å²) in [5.41, 5.74) is 0. The minimum absolute atomic E-state index is 0.337. The van der Waals surface area contributed by atoms with Gasteiger partial charge in [-0.25, -0.2) is 0 Å². The van der Waals surface area contributed by atoms with Crippen LogP contribution in [-0.4, -0.2) is 5.78 Å². The highest BCUT2D eigenvalue weighted by molar-refractivity contribution is 5.80. The third-order valence-electron chi connectivity index (χ3n) is 4.72. The van der Waals surface area contributed by atoms with Gasteiger partial charge < -0.3 is 0 Å². The first kappa shape index (κ1) is 21.7. The van der Waals surface area contributed by atoms with Crippen LogP contribution in [0.15, 0.2) is 0 Å². The van der Waals surface area contributed by atoms with Crippen molar-refractivity contribution in [3.05, 3.63) is 0 Å². The van der Waals surface area contributed by atoms with Crippen molar-refractivity contribution in [1.29, 1.82) is 0 Å². The normalized spacial score (nSPS) is 12.8. The molecule has 0 rings (SSSR count). The van der Waals surface area contributed by atoms with Crippen molar-refractivity contribution in [3.63, 3.8) is 0 Å². The van der Waals surface area contributed by atoms with Crippen LogP contribution in [0.4, 0.5) is 0 Å². The number of carbonyl (C=O) groups excluding carboxylic acids is 1. The highest BCUT2D eigenvalue weighted by atomic mass is 16.1. The molecule has 0 fully saturated rings. The molecule has 22 heavy (non-hydrogen) atoms. The summed E-state index contributed by atoms with van der Waals surface area (Å²) in [7, 11) is 0. The second-order valence-electron chi connectivity index (χ2n) is 7.47. The predicted molar refractivity (Wildman–Crippen MR) is 99.3 cm³/mol. The Bertz CT molecular complexity index is 244. The molecule has 0 heterocycles. The zero-order valence-electron chi connectivity index (χ0n) is 16.0. The number of rotatable bonds is 16. The lowest BCUT2D eigenvalue weighted by atomic mass is 9.87. The van der Waals surface area contributed by atoms with Gasteiger partial charge in [0.05, 0.1) is 0 Å². The Hall–Kier alpha value is -0.330. The molecule has 0 N–H and O–H groups in total. The second-order valence-corrected chi connectivity index (χ2v) is 7.47. The van der Waals surface area contributed by atoms with Crippen LogP contribution in [0.25, 0.3) is 0 Å². The molecule has 0 bridgehead atoms. The molecule has 1 atom stereocenters. The number of unbranched alkanes of at least 4 members (excludes halogenated alkanes) is 10. The lowest BCUT2D eigenvalue weighted by Gasteiger charge is -2.17. The third kappa shape index (κ3) is 13.3. The maximum atomic E-state index is 12.0. The fourth-order valence-corrected chi connectivity index (χ4v) is 3.32. The SMILES string of the molecule is CCCCCCCCCCCCCC(CC(C)C)C(=O)CC. The van der Waals surface area contributed by atoms with Crippen molar-refractivity contribution in [1.82, 2.24) is 0 Å². The van der Waals surface area contributed by atoms with Crippen molar-refractivity contribution in [2.24, 2.45) is 11.8 Å². The minimum atomic E-state index is 0.337. The quantitative estimate of drug-likeness (QED) is 0.273. The molecule has 1 heteroatoms. The van der Waals surface area contributed by atoms with E-state index in [4.69, 9.17) is 0 Å². The van der Waals surface area contributed by atoms with Gasteiger partial charge in [0.15, 0.2) is 0 Å². The largest absolute Gasteiger partial charge is 0.299 e. The molecular formula is C21H42O. The van der Waals surface area contributed by atoms with Crippen molar-refractivity contribution in [2.75, 3.05) is 0 Å². The number of Topliss-reactive ketones (excluding diaryl/α,β-unsaturated/α-hetero) is 1. The Morgan fingerprint density at radius 3 is 1.59 bits per heavy atom. The third-order valence-corrected chi connectivity index (χ3v) is 4.72. The van der Waals surface area contributed by atoms with Crippen molar-refractivity contribution in [3.8, 4) is 0 Å². The van der Waals surface area contributed by atoms with Crippen LogP contribution in [0.1, 0.15) is 118 Å². The molecule has 0 aromatic rings. The lowest BCUT2D eigenvalue weighted by Crippen LogP contribution is -2.15. The van der Waals surface area contributed by atoms with E-state index in [1.807, 2.05) is 6.92 Å². The summed E-state index contributed by atoms with van der Waals surface area (Å²) in [5, 5.41) is 0. The molecule has 1 nitrogen and oxygen atoms in total. The molecule has 0 saturated carbocycles. The Kier molecular flexibility index (Phi) is 15.3. The molecule has 0 aliphatic heterocycles. The van der Waals surface area contributed by atoms with Crippen LogP contribution in [0.5, 0.6) is 0 Å². The van der Waals surface area contributed by atoms with E-state index in [0.717, 1.165) is 19.3 Å². The summed E-state index contributed by atoms with van der Waals surface area (Å²) in [6, 6.07) is 0. The summed E-state index contributed by atoms with van der Waals surface area (Å²) in [4.78, 5) is 12.0. The molecule has 0 aromatic heterocycles. The van der Waals surface area contributed by atoms with Gasteiger partial charge in [-0.1, -0.05) is 98.3 Å². The van der Waals surface area contributed by atoms with E-state index in [0.29, 0.717) is 17.6 Å². The van der Waals surface area contributed by atoms with Gasteiger partial charge >= 0.3 is 0 Å². The Morgan fingerprint density at radius 1 is 0.727 bits per heavy atom. The first-order valence-electron chi connectivity index (χ1n) is 10.1. The summed E-state index contributed by atoms with van der Waals surface area (Å²) in [6.07, 6.45) is 18.1. The molecule has 0 aromatic carbocycles. The minimum Gasteiger partial charge on any atom is -0.299 e. The van der Waals surface area contributed by atoms with Crippen LogP contribution in [-0.2, 0) is 4.79 Å². The number of carbonyl (C=O) groups is 1. The summed E-state index contributed by atoms with van der Waals surface area (Å²) < 4.78 is 0. The Balaban J connectivity index is 3.47. The highest BCUT2D eigenvalue weighted by Crippen LogP contribution is 2.21.